The fourth-order valence-electron chi connectivity index (χ4n) is 4.03. The molecule has 2 N–H and O–H groups in total. The van der Waals surface area contributed by atoms with E-state index in [0.29, 0.717) is 38.9 Å². The maximum absolute atomic E-state index is 13.2. The number of guanidine groups is 1. The topological polar surface area (TPSA) is 66.0 Å². The summed E-state index contributed by atoms with van der Waals surface area (Å²) in [4.78, 5) is 19.5. The van der Waals surface area contributed by atoms with Gasteiger partial charge in [-0.25, -0.2) is 0 Å². The minimum Gasteiger partial charge on any atom is -0.378 e. The Bertz CT molecular complexity index is 635. The van der Waals surface area contributed by atoms with Crippen LogP contribution in [0.25, 0.3) is 0 Å². The van der Waals surface area contributed by atoms with Crippen LogP contribution in [0.4, 0.5) is 0 Å². The lowest BCUT2D eigenvalue weighted by Gasteiger charge is -2.32. The third kappa shape index (κ3) is 5.71. The van der Waals surface area contributed by atoms with Gasteiger partial charge in [0.1, 0.15) is 0 Å². The van der Waals surface area contributed by atoms with Crippen molar-refractivity contribution in [2.45, 2.75) is 44.6 Å². The number of hydrogen-bond donors (Lipinski definition) is 2. The molecule has 0 bridgehead atoms. The molecule has 1 aromatic rings. The number of hydrogen-bond acceptors (Lipinski definition) is 3. The number of nitrogens with zero attached hydrogens (tertiary/aromatic N) is 2. The van der Waals surface area contributed by atoms with E-state index in [1.807, 2.05) is 35.2 Å². The van der Waals surface area contributed by atoms with Crippen LogP contribution in [0.3, 0.4) is 0 Å². The molecule has 0 radical (unpaired) electrons. The lowest BCUT2D eigenvalue weighted by molar-refractivity contribution is -0.136. The first-order valence-corrected chi connectivity index (χ1v) is 10.6. The first-order chi connectivity index (χ1) is 13.7. The van der Waals surface area contributed by atoms with Crippen LogP contribution in [0.5, 0.6) is 0 Å². The highest BCUT2D eigenvalue weighted by molar-refractivity contribution is 5.86. The number of aliphatic imine (C=N–C) groups is 1. The fourth-order valence-corrected chi connectivity index (χ4v) is 4.03. The third-order valence-corrected chi connectivity index (χ3v) is 5.88. The second-order valence-corrected chi connectivity index (χ2v) is 7.96. The Balaban J connectivity index is 1.62. The van der Waals surface area contributed by atoms with Crippen molar-refractivity contribution >= 4 is 11.9 Å². The number of carbonyl (C=O) groups excluding carboxylic acids is 1. The molecule has 1 saturated carbocycles. The number of nitrogens with one attached hydrogen (secondary N) is 2. The predicted octanol–water partition coefficient (Wildman–Crippen LogP) is 2.37. The van der Waals surface area contributed by atoms with E-state index in [1.54, 1.807) is 7.05 Å². The van der Waals surface area contributed by atoms with Gasteiger partial charge in [-0.1, -0.05) is 37.3 Å². The summed E-state index contributed by atoms with van der Waals surface area (Å²) >= 11 is 0. The second-order valence-electron chi connectivity index (χ2n) is 7.96. The molecule has 154 valence electrons. The molecule has 1 aliphatic heterocycles. The SMILES string of the molecule is CN=C(NCC(C(=O)N1CCOCC1)c1ccccc1)NC1CCC(C)CC1. The number of ether oxygens (including phenoxy) is 1. The van der Waals surface area contributed by atoms with Crippen LogP contribution in [0.1, 0.15) is 44.1 Å². The summed E-state index contributed by atoms with van der Waals surface area (Å²) < 4.78 is 5.40. The Hall–Kier alpha value is -2.08. The number of benzene rings is 1. The summed E-state index contributed by atoms with van der Waals surface area (Å²) in [6.45, 7) is 5.41. The maximum atomic E-state index is 13.2. The van der Waals surface area contributed by atoms with E-state index in [-0.39, 0.29) is 11.8 Å². The average molecular weight is 387 g/mol. The van der Waals surface area contributed by atoms with Gasteiger partial charge in [0, 0.05) is 32.7 Å². The lowest BCUT2D eigenvalue weighted by Crippen LogP contribution is -2.49. The Morgan fingerprint density at radius 3 is 2.50 bits per heavy atom. The van der Waals surface area contributed by atoms with Crippen LogP contribution >= 0.6 is 0 Å². The highest BCUT2D eigenvalue weighted by Crippen LogP contribution is 2.23. The number of amides is 1. The molecule has 1 unspecified atom stereocenters. The van der Waals surface area contributed by atoms with E-state index in [9.17, 15) is 4.79 Å². The third-order valence-electron chi connectivity index (χ3n) is 5.88. The Labute approximate surface area is 168 Å². The van der Waals surface area contributed by atoms with E-state index in [1.165, 1.54) is 25.7 Å². The van der Waals surface area contributed by atoms with Gasteiger partial charge in [0.25, 0.3) is 0 Å². The van der Waals surface area contributed by atoms with Crippen molar-refractivity contribution in [1.82, 2.24) is 15.5 Å². The van der Waals surface area contributed by atoms with E-state index in [4.69, 9.17) is 4.74 Å². The van der Waals surface area contributed by atoms with Crippen molar-refractivity contribution in [1.29, 1.82) is 0 Å². The van der Waals surface area contributed by atoms with Gasteiger partial charge in [-0.15, -0.1) is 0 Å². The quantitative estimate of drug-likeness (QED) is 0.602. The predicted molar refractivity (Wildman–Crippen MR) is 112 cm³/mol. The summed E-state index contributed by atoms with van der Waals surface area (Å²) in [5.41, 5.74) is 1.04. The zero-order valence-electron chi connectivity index (χ0n) is 17.2. The Morgan fingerprint density at radius 2 is 1.86 bits per heavy atom. The molecular weight excluding hydrogens is 352 g/mol. The molecule has 2 aliphatic rings. The molecule has 0 aromatic heterocycles. The van der Waals surface area contributed by atoms with E-state index < -0.39 is 0 Å². The summed E-state index contributed by atoms with van der Waals surface area (Å²) in [5.74, 6) is 1.53. The molecule has 1 aromatic carbocycles. The zero-order valence-corrected chi connectivity index (χ0v) is 17.2. The molecular formula is C22H34N4O2. The van der Waals surface area contributed by atoms with E-state index in [2.05, 4.69) is 22.5 Å². The maximum Gasteiger partial charge on any atom is 0.232 e. The van der Waals surface area contributed by atoms with Gasteiger partial charge < -0.3 is 20.3 Å². The van der Waals surface area contributed by atoms with Gasteiger partial charge in [0.05, 0.1) is 19.1 Å². The van der Waals surface area contributed by atoms with Crippen LogP contribution in [-0.2, 0) is 9.53 Å². The van der Waals surface area contributed by atoms with Crippen molar-refractivity contribution in [3.63, 3.8) is 0 Å². The molecule has 1 aliphatic carbocycles. The van der Waals surface area contributed by atoms with E-state index >= 15 is 0 Å². The first kappa shape index (κ1) is 20.6. The molecule has 1 atom stereocenters. The van der Waals surface area contributed by atoms with Crippen LogP contribution in [0.2, 0.25) is 0 Å². The minimum atomic E-state index is -0.232. The lowest BCUT2D eigenvalue weighted by atomic mass is 9.87. The van der Waals surface area contributed by atoms with Crippen molar-refractivity contribution in [3.05, 3.63) is 35.9 Å². The van der Waals surface area contributed by atoms with Crippen LogP contribution in [-0.4, -0.2) is 62.7 Å². The summed E-state index contributed by atoms with van der Waals surface area (Å²) in [7, 11) is 1.79. The van der Waals surface area contributed by atoms with Gasteiger partial charge in [0.15, 0.2) is 5.96 Å². The molecule has 1 saturated heterocycles. The van der Waals surface area contributed by atoms with Crippen LogP contribution in [0, 0.1) is 5.92 Å². The fraction of sp³-hybridized carbons (Fsp3) is 0.636. The van der Waals surface area contributed by atoms with Gasteiger partial charge in [-0.05, 0) is 37.2 Å². The largest absolute Gasteiger partial charge is 0.378 e. The monoisotopic (exact) mass is 386 g/mol. The summed E-state index contributed by atoms with van der Waals surface area (Å²) in [6.07, 6.45) is 4.88. The molecule has 28 heavy (non-hydrogen) atoms. The van der Waals surface area contributed by atoms with Gasteiger partial charge in [-0.2, -0.15) is 0 Å². The van der Waals surface area contributed by atoms with Crippen LogP contribution in [0.15, 0.2) is 35.3 Å². The molecule has 1 amide bonds. The Morgan fingerprint density at radius 1 is 1.18 bits per heavy atom. The number of morpholine rings is 1. The van der Waals surface area contributed by atoms with Crippen molar-refractivity contribution in [2.24, 2.45) is 10.9 Å². The van der Waals surface area contributed by atoms with Gasteiger partial charge >= 0.3 is 0 Å². The molecule has 2 fully saturated rings. The Kier molecular flexibility index (Phi) is 7.71. The first-order valence-electron chi connectivity index (χ1n) is 10.6. The minimum absolute atomic E-state index is 0.156. The normalized spacial score (nSPS) is 24.5. The molecule has 3 rings (SSSR count). The highest BCUT2D eigenvalue weighted by atomic mass is 16.5. The zero-order chi connectivity index (χ0) is 19.8. The van der Waals surface area contributed by atoms with Gasteiger partial charge in [-0.3, -0.25) is 9.79 Å². The van der Waals surface area contributed by atoms with Crippen molar-refractivity contribution in [2.75, 3.05) is 39.9 Å². The van der Waals surface area contributed by atoms with Gasteiger partial charge in [0.2, 0.25) is 5.91 Å². The van der Waals surface area contributed by atoms with Crippen LogP contribution < -0.4 is 10.6 Å². The summed E-state index contributed by atoms with van der Waals surface area (Å²) in [5, 5.41) is 6.95. The smallest absolute Gasteiger partial charge is 0.232 e. The average Bonchev–Trinajstić information content (AvgIpc) is 2.75. The number of rotatable bonds is 5. The highest BCUT2D eigenvalue weighted by Gasteiger charge is 2.27. The van der Waals surface area contributed by atoms with Crippen molar-refractivity contribution < 1.29 is 9.53 Å². The molecule has 0 spiro atoms. The summed E-state index contributed by atoms with van der Waals surface area (Å²) in [6, 6.07) is 10.5. The molecule has 6 heteroatoms. The second kappa shape index (κ2) is 10.5. The van der Waals surface area contributed by atoms with Crippen molar-refractivity contribution in [3.8, 4) is 0 Å². The van der Waals surface area contributed by atoms with E-state index in [0.717, 1.165) is 17.4 Å². The standard InChI is InChI=1S/C22H34N4O2/c1-17-8-10-19(11-9-17)25-22(23-2)24-16-20(18-6-4-3-5-7-18)21(27)26-12-14-28-15-13-26/h3-7,17,19-20H,8-16H2,1-2H3,(H2,23,24,25). The molecule has 1 heterocycles. The molecule has 6 nitrogen and oxygen atoms in total. The number of carbonyl (C=O) groups is 1.